The third kappa shape index (κ3) is 3.35. The van der Waals surface area contributed by atoms with Gasteiger partial charge >= 0.3 is 0 Å². The SMILES string of the molecule is Cc1cc(C(=O)CSc2ccc3ccccc3c2)c(C)n1-c1ccc2c(c1)OCO2. The van der Waals surface area contributed by atoms with Gasteiger partial charge in [-0.05, 0) is 55.0 Å². The molecule has 4 nitrogen and oxygen atoms in total. The second-order valence-electron chi connectivity index (χ2n) is 7.38. The summed E-state index contributed by atoms with van der Waals surface area (Å²) in [5, 5.41) is 2.40. The van der Waals surface area contributed by atoms with Crippen molar-refractivity contribution >= 4 is 28.3 Å². The number of ether oxygens (including phenoxy) is 2. The fourth-order valence-corrected chi connectivity index (χ4v) is 4.78. The molecule has 0 fully saturated rings. The summed E-state index contributed by atoms with van der Waals surface area (Å²) < 4.78 is 13.0. The van der Waals surface area contributed by atoms with E-state index in [0.717, 1.165) is 39.0 Å². The van der Waals surface area contributed by atoms with Gasteiger partial charge in [0.2, 0.25) is 6.79 Å². The minimum Gasteiger partial charge on any atom is -0.454 e. The van der Waals surface area contributed by atoms with E-state index in [9.17, 15) is 4.79 Å². The highest BCUT2D eigenvalue weighted by Gasteiger charge is 2.19. The van der Waals surface area contributed by atoms with Gasteiger partial charge in [-0.25, -0.2) is 0 Å². The minimum absolute atomic E-state index is 0.133. The highest BCUT2D eigenvalue weighted by molar-refractivity contribution is 8.00. The monoisotopic (exact) mass is 415 g/mol. The normalized spacial score (nSPS) is 12.5. The van der Waals surface area contributed by atoms with Crippen LogP contribution >= 0.6 is 11.8 Å². The fraction of sp³-hybridized carbons (Fsp3) is 0.160. The van der Waals surface area contributed by atoms with Crippen molar-refractivity contribution in [1.82, 2.24) is 4.57 Å². The summed E-state index contributed by atoms with van der Waals surface area (Å²) in [7, 11) is 0. The molecule has 1 aromatic heterocycles. The molecule has 0 spiro atoms. The number of Topliss-reactive ketones (excluding diaryl/α,β-unsaturated/α-hetero) is 1. The number of ketones is 1. The van der Waals surface area contributed by atoms with Gasteiger partial charge in [-0.1, -0.05) is 30.3 Å². The highest BCUT2D eigenvalue weighted by atomic mass is 32.2. The molecular weight excluding hydrogens is 394 g/mol. The molecule has 0 saturated heterocycles. The van der Waals surface area contributed by atoms with E-state index in [1.54, 1.807) is 11.8 Å². The Bertz CT molecular complexity index is 1270. The summed E-state index contributed by atoms with van der Waals surface area (Å²) in [4.78, 5) is 14.1. The number of thioether (sulfide) groups is 1. The van der Waals surface area contributed by atoms with E-state index in [0.29, 0.717) is 5.75 Å². The van der Waals surface area contributed by atoms with Crippen molar-refractivity contribution in [2.24, 2.45) is 0 Å². The lowest BCUT2D eigenvalue weighted by Crippen LogP contribution is -2.05. The quantitative estimate of drug-likeness (QED) is 0.298. The van der Waals surface area contributed by atoms with Crippen LogP contribution in [0.1, 0.15) is 21.7 Å². The van der Waals surface area contributed by atoms with E-state index in [1.165, 1.54) is 10.8 Å². The first-order valence-electron chi connectivity index (χ1n) is 9.84. The van der Waals surface area contributed by atoms with Crippen molar-refractivity contribution in [3.63, 3.8) is 0 Å². The van der Waals surface area contributed by atoms with Gasteiger partial charge in [-0.3, -0.25) is 4.79 Å². The van der Waals surface area contributed by atoms with Crippen LogP contribution in [-0.2, 0) is 0 Å². The van der Waals surface area contributed by atoms with Crippen molar-refractivity contribution in [2.45, 2.75) is 18.7 Å². The molecule has 0 radical (unpaired) electrons. The van der Waals surface area contributed by atoms with E-state index < -0.39 is 0 Å². The largest absolute Gasteiger partial charge is 0.454 e. The predicted molar refractivity (Wildman–Crippen MR) is 120 cm³/mol. The zero-order valence-electron chi connectivity index (χ0n) is 16.8. The molecule has 4 aromatic rings. The topological polar surface area (TPSA) is 40.5 Å². The van der Waals surface area contributed by atoms with Crippen molar-refractivity contribution in [2.75, 3.05) is 12.5 Å². The van der Waals surface area contributed by atoms with Crippen LogP contribution in [0.3, 0.4) is 0 Å². The molecule has 0 unspecified atom stereocenters. The van der Waals surface area contributed by atoms with Crippen LogP contribution in [0.25, 0.3) is 16.5 Å². The lowest BCUT2D eigenvalue weighted by molar-refractivity contribution is 0.102. The summed E-state index contributed by atoms with van der Waals surface area (Å²) in [6.45, 7) is 4.26. The van der Waals surface area contributed by atoms with Gasteiger partial charge in [-0.15, -0.1) is 11.8 Å². The third-order valence-corrected chi connectivity index (χ3v) is 6.43. The first-order valence-corrected chi connectivity index (χ1v) is 10.8. The van der Waals surface area contributed by atoms with E-state index in [-0.39, 0.29) is 12.6 Å². The Balaban J connectivity index is 1.37. The van der Waals surface area contributed by atoms with E-state index >= 15 is 0 Å². The molecule has 0 saturated carbocycles. The molecule has 0 bridgehead atoms. The fourth-order valence-electron chi connectivity index (χ4n) is 3.95. The van der Waals surface area contributed by atoms with Crippen LogP contribution in [0.4, 0.5) is 0 Å². The highest BCUT2D eigenvalue weighted by Crippen LogP contribution is 2.35. The Kier molecular flexibility index (Phi) is 4.75. The number of rotatable bonds is 5. The average molecular weight is 416 g/mol. The molecule has 0 amide bonds. The van der Waals surface area contributed by atoms with E-state index in [4.69, 9.17) is 9.47 Å². The molecule has 150 valence electrons. The van der Waals surface area contributed by atoms with Gasteiger partial charge in [0.15, 0.2) is 17.3 Å². The van der Waals surface area contributed by atoms with E-state index in [2.05, 4.69) is 34.9 Å². The van der Waals surface area contributed by atoms with Gasteiger partial charge in [0, 0.05) is 33.6 Å². The Morgan fingerprint density at radius 2 is 1.73 bits per heavy atom. The first-order chi connectivity index (χ1) is 14.6. The summed E-state index contributed by atoms with van der Waals surface area (Å²) in [6, 6.07) is 22.4. The number of aryl methyl sites for hydroxylation is 1. The maximum atomic E-state index is 13.0. The summed E-state index contributed by atoms with van der Waals surface area (Å²) >= 11 is 1.58. The van der Waals surface area contributed by atoms with Crippen molar-refractivity contribution < 1.29 is 14.3 Å². The molecule has 0 aliphatic carbocycles. The number of hydrogen-bond donors (Lipinski definition) is 0. The van der Waals surface area contributed by atoms with Gasteiger partial charge in [-0.2, -0.15) is 0 Å². The predicted octanol–water partition coefficient (Wildman–Crippen LogP) is 5.95. The molecular formula is C25H21NO3S. The van der Waals surface area contributed by atoms with Crippen LogP contribution in [-0.4, -0.2) is 22.9 Å². The molecule has 0 atom stereocenters. The maximum absolute atomic E-state index is 13.0. The van der Waals surface area contributed by atoms with Crippen LogP contribution < -0.4 is 9.47 Å². The van der Waals surface area contributed by atoms with Gasteiger partial charge in [0.05, 0.1) is 5.75 Å². The lowest BCUT2D eigenvalue weighted by Gasteiger charge is -2.11. The smallest absolute Gasteiger partial charge is 0.231 e. The number of fused-ring (bicyclic) bond motifs is 2. The maximum Gasteiger partial charge on any atom is 0.231 e. The van der Waals surface area contributed by atoms with Gasteiger partial charge in [0.25, 0.3) is 0 Å². The zero-order chi connectivity index (χ0) is 20.7. The van der Waals surface area contributed by atoms with E-state index in [1.807, 2.05) is 50.2 Å². The van der Waals surface area contributed by atoms with Crippen LogP contribution in [0.2, 0.25) is 0 Å². The molecule has 5 rings (SSSR count). The number of hydrogen-bond acceptors (Lipinski definition) is 4. The molecule has 0 N–H and O–H groups in total. The van der Waals surface area contributed by atoms with Gasteiger partial charge < -0.3 is 14.0 Å². The number of carbonyl (C=O) groups excluding carboxylic acids is 1. The second kappa shape index (κ2) is 7.58. The molecule has 5 heteroatoms. The van der Waals surface area contributed by atoms with Crippen LogP contribution in [0.15, 0.2) is 71.6 Å². The average Bonchev–Trinajstić information content (AvgIpc) is 3.35. The summed E-state index contributed by atoms with van der Waals surface area (Å²) in [5.74, 6) is 2.03. The Labute approximate surface area is 179 Å². The lowest BCUT2D eigenvalue weighted by atomic mass is 10.1. The van der Waals surface area contributed by atoms with Gasteiger partial charge in [0.1, 0.15) is 0 Å². The molecule has 1 aliphatic rings. The van der Waals surface area contributed by atoms with Crippen LogP contribution in [0.5, 0.6) is 11.5 Å². The summed E-state index contributed by atoms with van der Waals surface area (Å²) in [5.41, 5.74) is 3.69. The number of benzene rings is 3. The number of aromatic nitrogens is 1. The number of nitrogens with zero attached hydrogens (tertiary/aromatic N) is 1. The Hall–Kier alpha value is -3.18. The Morgan fingerprint density at radius 1 is 0.933 bits per heavy atom. The number of carbonyl (C=O) groups is 1. The third-order valence-electron chi connectivity index (χ3n) is 5.44. The van der Waals surface area contributed by atoms with Crippen molar-refractivity contribution in [1.29, 1.82) is 0 Å². The molecule has 3 aromatic carbocycles. The van der Waals surface area contributed by atoms with Crippen molar-refractivity contribution in [3.05, 3.63) is 83.7 Å². The Morgan fingerprint density at radius 3 is 2.60 bits per heavy atom. The zero-order valence-corrected chi connectivity index (χ0v) is 17.7. The van der Waals surface area contributed by atoms with Crippen molar-refractivity contribution in [3.8, 4) is 17.2 Å². The standard InChI is InChI=1S/C25H21NO3S/c1-16-11-22(17(2)26(16)20-8-10-24-25(13-20)29-15-28-24)23(27)14-30-21-9-7-18-5-3-4-6-19(18)12-21/h3-13H,14-15H2,1-2H3. The second-order valence-corrected chi connectivity index (χ2v) is 8.43. The first kappa shape index (κ1) is 18.8. The summed E-state index contributed by atoms with van der Waals surface area (Å²) in [6.07, 6.45) is 0. The van der Waals surface area contributed by atoms with Crippen LogP contribution in [0, 0.1) is 13.8 Å². The minimum atomic E-state index is 0.133. The molecule has 1 aliphatic heterocycles. The molecule has 2 heterocycles. The molecule has 30 heavy (non-hydrogen) atoms.